The number of nitrogens with zero attached hydrogens (tertiary/aromatic N) is 6. The van der Waals surface area contributed by atoms with E-state index in [9.17, 15) is 15.2 Å². The molecule has 8 nitrogen and oxygen atoms in total. The lowest BCUT2D eigenvalue weighted by Crippen LogP contribution is -2.55. The molecule has 182 valence electrons. The minimum atomic E-state index is -0.0371. The number of hydrogen-bond donors (Lipinski definition) is 1. The molecule has 1 aliphatic rings. The molecule has 1 atom stereocenters. The van der Waals surface area contributed by atoms with E-state index in [-0.39, 0.29) is 11.8 Å². The van der Waals surface area contributed by atoms with Crippen LogP contribution in [0.25, 0.3) is 16.9 Å². The highest BCUT2D eigenvalue weighted by atomic mass is 16.3. The fourth-order valence-electron chi connectivity index (χ4n) is 5.05. The number of nitriles is 1. The van der Waals surface area contributed by atoms with Crippen LogP contribution in [0.15, 0.2) is 36.7 Å². The standard InChI is InChI=1S/C27H32N6O2/c1-6-22-19(5)23(9-7-20(22)13-28)24-15-30-33(27(24)35)25-10-8-21(14-29-25)26(34)31-11-12-32(17(2)3)18(4)16-31/h7-10,14-15,17-18,35H,6,11-12,16H2,1-5H3/t18-/m1/s1. The normalized spacial score (nSPS) is 16.5. The highest BCUT2D eigenvalue weighted by molar-refractivity contribution is 5.94. The van der Waals surface area contributed by atoms with Gasteiger partial charge in [0.2, 0.25) is 5.88 Å². The van der Waals surface area contributed by atoms with Gasteiger partial charge in [0, 0.05) is 37.9 Å². The largest absolute Gasteiger partial charge is 0.493 e. The molecular formula is C27H32N6O2. The molecule has 1 saturated heterocycles. The molecule has 4 rings (SSSR count). The van der Waals surface area contributed by atoms with Gasteiger partial charge in [-0.2, -0.15) is 15.0 Å². The van der Waals surface area contributed by atoms with Crippen molar-refractivity contribution in [2.45, 2.75) is 53.1 Å². The topological polar surface area (TPSA) is 98.3 Å². The summed E-state index contributed by atoms with van der Waals surface area (Å²) in [5, 5.41) is 24.7. The van der Waals surface area contributed by atoms with Gasteiger partial charge in [-0.15, -0.1) is 0 Å². The van der Waals surface area contributed by atoms with Crippen LogP contribution in [0.2, 0.25) is 0 Å². The van der Waals surface area contributed by atoms with Crippen LogP contribution in [0.4, 0.5) is 0 Å². The number of benzene rings is 1. The van der Waals surface area contributed by atoms with Crippen molar-refractivity contribution in [1.82, 2.24) is 24.6 Å². The highest BCUT2D eigenvalue weighted by Crippen LogP contribution is 2.35. The van der Waals surface area contributed by atoms with Gasteiger partial charge in [-0.3, -0.25) is 9.69 Å². The van der Waals surface area contributed by atoms with Gasteiger partial charge in [-0.1, -0.05) is 13.0 Å². The fraction of sp³-hybridized carbons (Fsp3) is 0.407. The number of carbonyl (C=O) groups excluding carboxylic acids is 1. The van der Waals surface area contributed by atoms with Gasteiger partial charge in [0.05, 0.1) is 29.0 Å². The summed E-state index contributed by atoms with van der Waals surface area (Å²) in [5.74, 6) is 0.348. The molecule has 3 aromatic rings. The van der Waals surface area contributed by atoms with Crippen molar-refractivity contribution >= 4 is 5.91 Å². The van der Waals surface area contributed by atoms with Crippen LogP contribution in [0, 0.1) is 18.3 Å². The van der Waals surface area contributed by atoms with E-state index in [0.29, 0.717) is 47.7 Å². The molecule has 0 spiro atoms. The minimum Gasteiger partial charge on any atom is -0.493 e. The Kier molecular flexibility index (Phi) is 6.90. The molecular weight excluding hydrogens is 440 g/mol. The van der Waals surface area contributed by atoms with Crippen LogP contribution in [0.1, 0.15) is 54.7 Å². The molecule has 1 amide bonds. The number of aromatic nitrogens is 3. The second kappa shape index (κ2) is 9.88. The smallest absolute Gasteiger partial charge is 0.255 e. The van der Waals surface area contributed by atoms with Gasteiger partial charge in [0.25, 0.3) is 5.91 Å². The van der Waals surface area contributed by atoms with Crippen molar-refractivity contribution in [3.8, 4) is 28.9 Å². The third kappa shape index (κ3) is 4.52. The number of pyridine rings is 1. The zero-order valence-electron chi connectivity index (χ0n) is 21.0. The van der Waals surface area contributed by atoms with Crippen molar-refractivity contribution in [2.24, 2.45) is 0 Å². The van der Waals surface area contributed by atoms with Crippen molar-refractivity contribution < 1.29 is 9.90 Å². The third-order valence-electron chi connectivity index (χ3n) is 6.95. The third-order valence-corrected chi connectivity index (χ3v) is 6.95. The molecule has 2 aromatic heterocycles. The number of hydrogen-bond acceptors (Lipinski definition) is 6. The first kappa shape index (κ1) is 24.4. The summed E-state index contributed by atoms with van der Waals surface area (Å²) in [6.07, 6.45) is 3.86. The molecule has 0 unspecified atom stereocenters. The second-order valence-electron chi connectivity index (χ2n) is 9.36. The predicted octanol–water partition coefficient (Wildman–Crippen LogP) is 3.94. The molecule has 0 aliphatic carbocycles. The van der Waals surface area contributed by atoms with E-state index in [2.05, 4.69) is 41.8 Å². The lowest BCUT2D eigenvalue weighted by molar-refractivity contribution is 0.0426. The highest BCUT2D eigenvalue weighted by Gasteiger charge is 2.28. The number of rotatable bonds is 5. The van der Waals surface area contributed by atoms with Crippen molar-refractivity contribution in [3.05, 3.63) is 58.9 Å². The van der Waals surface area contributed by atoms with Crippen molar-refractivity contribution in [1.29, 1.82) is 5.26 Å². The minimum absolute atomic E-state index is 0.0370. The maximum atomic E-state index is 13.0. The Bertz CT molecular complexity index is 1270. The Morgan fingerprint density at radius 1 is 1.20 bits per heavy atom. The monoisotopic (exact) mass is 472 g/mol. The average molecular weight is 473 g/mol. The van der Waals surface area contributed by atoms with Gasteiger partial charge >= 0.3 is 0 Å². The van der Waals surface area contributed by atoms with Crippen LogP contribution in [0.5, 0.6) is 5.88 Å². The lowest BCUT2D eigenvalue weighted by atomic mass is 9.93. The maximum Gasteiger partial charge on any atom is 0.255 e. The molecule has 1 aromatic carbocycles. The number of carbonyl (C=O) groups is 1. The van der Waals surface area contributed by atoms with Gasteiger partial charge in [-0.25, -0.2) is 4.98 Å². The maximum absolute atomic E-state index is 13.0. The number of piperazine rings is 1. The van der Waals surface area contributed by atoms with Crippen LogP contribution < -0.4 is 0 Å². The van der Waals surface area contributed by atoms with E-state index in [1.807, 2.05) is 24.8 Å². The fourth-order valence-corrected chi connectivity index (χ4v) is 5.05. The van der Waals surface area contributed by atoms with Crippen LogP contribution in [0.3, 0.4) is 0 Å². The van der Waals surface area contributed by atoms with Gasteiger partial charge in [0.15, 0.2) is 5.82 Å². The quantitative estimate of drug-likeness (QED) is 0.604. The Morgan fingerprint density at radius 2 is 1.97 bits per heavy atom. The summed E-state index contributed by atoms with van der Waals surface area (Å²) in [6.45, 7) is 12.7. The molecule has 0 saturated carbocycles. The van der Waals surface area contributed by atoms with Gasteiger partial charge in [-0.05, 0) is 69.0 Å². The molecule has 0 bridgehead atoms. The predicted molar refractivity (Wildman–Crippen MR) is 134 cm³/mol. The Morgan fingerprint density at radius 3 is 2.57 bits per heavy atom. The molecule has 1 N–H and O–H groups in total. The molecule has 3 heterocycles. The summed E-state index contributed by atoms with van der Waals surface area (Å²) >= 11 is 0. The Labute approximate surface area is 206 Å². The Balaban J connectivity index is 1.56. The van der Waals surface area contributed by atoms with E-state index < -0.39 is 0 Å². The molecule has 8 heteroatoms. The summed E-state index contributed by atoms with van der Waals surface area (Å²) < 4.78 is 1.36. The first-order valence-electron chi connectivity index (χ1n) is 12.1. The first-order chi connectivity index (χ1) is 16.8. The molecule has 1 fully saturated rings. The zero-order chi connectivity index (χ0) is 25.3. The summed E-state index contributed by atoms with van der Waals surface area (Å²) in [6, 6.07) is 10.0. The van der Waals surface area contributed by atoms with Crippen LogP contribution in [-0.4, -0.2) is 67.3 Å². The van der Waals surface area contributed by atoms with Gasteiger partial charge < -0.3 is 10.0 Å². The van der Waals surface area contributed by atoms with Crippen LogP contribution in [-0.2, 0) is 6.42 Å². The van der Waals surface area contributed by atoms with E-state index in [0.717, 1.165) is 29.7 Å². The number of amides is 1. The zero-order valence-corrected chi connectivity index (χ0v) is 21.0. The summed E-state index contributed by atoms with van der Waals surface area (Å²) in [7, 11) is 0. The number of aromatic hydroxyl groups is 1. The van der Waals surface area contributed by atoms with Crippen molar-refractivity contribution in [3.63, 3.8) is 0 Å². The van der Waals surface area contributed by atoms with E-state index in [1.54, 1.807) is 30.6 Å². The summed E-state index contributed by atoms with van der Waals surface area (Å²) in [5.41, 5.74) is 4.46. The first-order valence-corrected chi connectivity index (χ1v) is 12.1. The molecule has 0 radical (unpaired) electrons. The average Bonchev–Trinajstić information content (AvgIpc) is 3.23. The SMILES string of the molecule is CCc1c(C#N)ccc(-c2cnn(-c3ccc(C(=O)N4CCN(C(C)C)[C@H](C)C4)cn3)c2O)c1C. The van der Waals surface area contributed by atoms with E-state index in [1.165, 1.54) is 4.68 Å². The second-order valence-corrected chi connectivity index (χ2v) is 9.36. The molecule has 35 heavy (non-hydrogen) atoms. The van der Waals surface area contributed by atoms with E-state index in [4.69, 9.17) is 0 Å². The molecule has 1 aliphatic heterocycles. The summed E-state index contributed by atoms with van der Waals surface area (Å²) in [4.78, 5) is 21.7. The Hall–Kier alpha value is -3.70. The lowest BCUT2D eigenvalue weighted by Gasteiger charge is -2.42. The van der Waals surface area contributed by atoms with E-state index >= 15 is 0 Å². The van der Waals surface area contributed by atoms with Crippen LogP contribution >= 0.6 is 0 Å². The van der Waals surface area contributed by atoms with Gasteiger partial charge in [0.1, 0.15) is 0 Å². The van der Waals surface area contributed by atoms with Crippen molar-refractivity contribution in [2.75, 3.05) is 19.6 Å².